The number of benzene rings is 1. The van der Waals surface area contributed by atoms with Gasteiger partial charge in [0.1, 0.15) is 12.4 Å². The van der Waals surface area contributed by atoms with E-state index in [0.29, 0.717) is 13.2 Å². The molecular formula is C16H23N3O2. The van der Waals surface area contributed by atoms with Crippen LogP contribution in [0.25, 0.3) is 11.0 Å². The van der Waals surface area contributed by atoms with Crippen LogP contribution in [0.4, 0.5) is 0 Å². The smallest absolute Gasteiger partial charge is 0.326 e. The quantitative estimate of drug-likeness (QED) is 0.580. The Kier molecular flexibility index (Phi) is 5.33. The molecule has 0 radical (unpaired) electrons. The van der Waals surface area contributed by atoms with E-state index >= 15 is 0 Å². The lowest BCUT2D eigenvalue weighted by atomic mass is 10.3. The normalized spacial score (nSPS) is 11.2. The highest BCUT2D eigenvalue weighted by Crippen LogP contribution is 2.17. The summed E-state index contributed by atoms with van der Waals surface area (Å²) in [6.07, 6.45) is 1.92. The topological polar surface area (TPSA) is 47.4 Å². The summed E-state index contributed by atoms with van der Waals surface area (Å²) in [5.74, 6) is 0.681. The van der Waals surface area contributed by atoms with Crippen LogP contribution in [0.1, 0.15) is 25.6 Å². The summed E-state index contributed by atoms with van der Waals surface area (Å²) < 4.78 is 7.21. The molecule has 2 rings (SSSR count). The van der Waals surface area contributed by atoms with Crippen LogP contribution >= 0.6 is 0 Å². The predicted octanol–water partition coefficient (Wildman–Crippen LogP) is 2.44. The standard InChI is InChI=1S/C16H23N3O2/c1-4-5-10-21-16(20)12-19-14-9-7-6-8-13(14)17-15(19)11-18(2)3/h6-9H,4-5,10-12H2,1-3H3. The summed E-state index contributed by atoms with van der Waals surface area (Å²) in [4.78, 5) is 18.6. The number of imidazole rings is 1. The Labute approximate surface area is 125 Å². The van der Waals surface area contributed by atoms with Gasteiger partial charge in [-0.15, -0.1) is 0 Å². The number of esters is 1. The van der Waals surface area contributed by atoms with E-state index in [2.05, 4.69) is 11.9 Å². The van der Waals surface area contributed by atoms with E-state index in [-0.39, 0.29) is 12.5 Å². The summed E-state index contributed by atoms with van der Waals surface area (Å²) in [6, 6.07) is 7.87. The molecule has 0 N–H and O–H groups in total. The molecule has 1 aromatic heterocycles. The zero-order valence-corrected chi connectivity index (χ0v) is 13.0. The van der Waals surface area contributed by atoms with E-state index in [1.165, 1.54) is 0 Å². The molecule has 0 saturated carbocycles. The third kappa shape index (κ3) is 4.04. The van der Waals surface area contributed by atoms with Gasteiger partial charge < -0.3 is 14.2 Å². The monoisotopic (exact) mass is 289 g/mol. The molecule has 0 aliphatic heterocycles. The minimum atomic E-state index is -0.202. The van der Waals surface area contributed by atoms with Crippen molar-refractivity contribution in [1.82, 2.24) is 14.5 Å². The molecule has 0 amide bonds. The van der Waals surface area contributed by atoms with Crippen LogP contribution in [0.15, 0.2) is 24.3 Å². The number of aromatic nitrogens is 2. The Hall–Kier alpha value is -1.88. The van der Waals surface area contributed by atoms with Crippen molar-refractivity contribution in [3.63, 3.8) is 0 Å². The van der Waals surface area contributed by atoms with E-state index in [4.69, 9.17) is 4.74 Å². The molecule has 0 atom stereocenters. The maximum absolute atomic E-state index is 12.0. The largest absolute Gasteiger partial charge is 0.464 e. The van der Waals surface area contributed by atoms with Crippen LogP contribution in [-0.2, 0) is 22.6 Å². The van der Waals surface area contributed by atoms with Gasteiger partial charge in [0.25, 0.3) is 0 Å². The first-order valence-electron chi connectivity index (χ1n) is 7.36. The number of carbonyl (C=O) groups is 1. The minimum absolute atomic E-state index is 0.202. The van der Waals surface area contributed by atoms with Crippen LogP contribution in [0.2, 0.25) is 0 Å². The Balaban J connectivity index is 2.21. The second-order valence-corrected chi connectivity index (χ2v) is 5.41. The van der Waals surface area contributed by atoms with Gasteiger partial charge in [-0.3, -0.25) is 4.79 Å². The Morgan fingerprint density at radius 1 is 1.33 bits per heavy atom. The zero-order valence-electron chi connectivity index (χ0n) is 13.0. The van der Waals surface area contributed by atoms with Crippen molar-refractivity contribution in [2.24, 2.45) is 0 Å². The average Bonchev–Trinajstić information content (AvgIpc) is 2.76. The molecule has 0 fully saturated rings. The van der Waals surface area contributed by atoms with Crippen LogP contribution in [0, 0.1) is 0 Å². The summed E-state index contributed by atoms with van der Waals surface area (Å²) >= 11 is 0. The van der Waals surface area contributed by atoms with E-state index in [0.717, 1.165) is 29.7 Å². The van der Waals surface area contributed by atoms with Crippen molar-refractivity contribution in [2.45, 2.75) is 32.9 Å². The molecule has 0 aliphatic rings. The van der Waals surface area contributed by atoms with Gasteiger partial charge in [0.15, 0.2) is 0 Å². The molecule has 114 valence electrons. The molecule has 1 heterocycles. The van der Waals surface area contributed by atoms with Crippen molar-refractivity contribution in [3.8, 4) is 0 Å². The summed E-state index contributed by atoms with van der Waals surface area (Å²) in [5.41, 5.74) is 1.89. The van der Waals surface area contributed by atoms with Crippen molar-refractivity contribution >= 4 is 17.0 Å². The second-order valence-electron chi connectivity index (χ2n) is 5.41. The van der Waals surface area contributed by atoms with Gasteiger partial charge in [-0.2, -0.15) is 0 Å². The zero-order chi connectivity index (χ0) is 15.2. The minimum Gasteiger partial charge on any atom is -0.464 e. The first-order chi connectivity index (χ1) is 10.1. The average molecular weight is 289 g/mol. The van der Waals surface area contributed by atoms with Crippen LogP contribution in [0.3, 0.4) is 0 Å². The van der Waals surface area contributed by atoms with Gasteiger partial charge in [0, 0.05) is 0 Å². The van der Waals surface area contributed by atoms with Gasteiger partial charge in [-0.05, 0) is 32.6 Å². The van der Waals surface area contributed by atoms with Gasteiger partial charge in [0.05, 0.1) is 24.2 Å². The van der Waals surface area contributed by atoms with E-state index < -0.39 is 0 Å². The molecule has 0 unspecified atom stereocenters. The van der Waals surface area contributed by atoms with Crippen molar-refractivity contribution in [2.75, 3.05) is 20.7 Å². The number of rotatable bonds is 7. The Bertz CT molecular complexity index is 605. The Morgan fingerprint density at radius 2 is 2.10 bits per heavy atom. The van der Waals surface area contributed by atoms with Gasteiger partial charge in [0.2, 0.25) is 0 Å². The van der Waals surface area contributed by atoms with E-state index in [9.17, 15) is 4.79 Å². The SMILES string of the molecule is CCCCOC(=O)Cn1c(CN(C)C)nc2ccccc21. The number of ether oxygens (including phenoxy) is 1. The third-order valence-corrected chi connectivity index (χ3v) is 3.24. The van der Waals surface area contributed by atoms with Gasteiger partial charge in [-0.25, -0.2) is 4.98 Å². The van der Waals surface area contributed by atoms with Crippen LogP contribution < -0.4 is 0 Å². The van der Waals surface area contributed by atoms with Crippen molar-refractivity contribution in [1.29, 1.82) is 0 Å². The molecular weight excluding hydrogens is 266 g/mol. The number of para-hydroxylation sites is 2. The molecule has 0 saturated heterocycles. The molecule has 0 spiro atoms. The van der Waals surface area contributed by atoms with Gasteiger partial charge >= 0.3 is 5.97 Å². The lowest BCUT2D eigenvalue weighted by Crippen LogP contribution is -2.20. The Morgan fingerprint density at radius 3 is 2.81 bits per heavy atom. The maximum atomic E-state index is 12.0. The number of hydrogen-bond acceptors (Lipinski definition) is 4. The summed E-state index contributed by atoms with van der Waals surface area (Å²) in [5, 5.41) is 0. The lowest BCUT2D eigenvalue weighted by Gasteiger charge is -2.12. The highest BCUT2D eigenvalue weighted by Gasteiger charge is 2.14. The number of fused-ring (bicyclic) bond motifs is 1. The number of unbranched alkanes of at least 4 members (excludes halogenated alkanes) is 1. The molecule has 21 heavy (non-hydrogen) atoms. The van der Waals surface area contributed by atoms with Crippen LogP contribution in [0.5, 0.6) is 0 Å². The lowest BCUT2D eigenvalue weighted by molar-refractivity contribution is -0.144. The summed E-state index contributed by atoms with van der Waals surface area (Å²) in [6.45, 7) is 3.47. The first kappa shape index (κ1) is 15.5. The fourth-order valence-electron chi connectivity index (χ4n) is 2.21. The number of carbonyl (C=O) groups excluding carboxylic acids is 1. The fraction of sp³-hybridized carbons (Fsp3) is 0.500. The molecule has 1 aromatic carbocycles. The summed E-state index contributed by atoms with van der Waals surface area (Å²) in [7, 11) is 3.98. The van der Waals surface area contributed by atoms with Crippen molar-refractivity contribution < 1.29 is 9.53 Å². The highest BCUT2D eigenvalue weighted by molar-refractivity contribution is 5.78. The van der Waals surface area contributed by atoms with E-state index in [1.807, 2.05) is 47.8 Å². The van der Waals surface area contributed by atoms with Gasteiger partial charge in [-0.1, -0.05) is 25.5 Å². The predicted molar refractivity (Wildman–Crippen MR) is 83.0 cm³/mol. The highest BCUT2D eigenvalue weighted by atomic mass is 16.5. The van der Waals surface area contributed by atoms with E-state index in [1.54, 1.807) is 0 Å². The fourth-order valence-corrected chi connectivity index (χ4v) is 2.21. The molecule has 2 aromatic rings. The second kappa shape index (κ2) is 7.22. The number of hydrogen-bond donors (Lipinski definition) is 0. The molecule has 0 aliphatic carbocycles. The molecule has 5 heteroatoms. The molecule has 0 bridgehead atoms. The maximum Gasteiger partial charge on any atom is 0.326 e. The first-order valence-corrected chi connectivity index (χ1v) is 7.36. The number of nitrogens with zero attached hydrogens (tertiary/aromatic N) is 3. The van der Waals surface area contributed by atoms with Crippen molar-refractivity contribution in [3.05, 3.63) is 30.1 Å². The van der Waals surface area contributed by atoms with Crippen LogP contribution in [-0.4, -0.2) is 41.1 Å². The third-order valence-electron chi connectivity index (χ3n) is 3.24. The molecule has 5 nitrogen and oxygen atoms in total.